The van der Waals surface area contributed by atoms with Gasteiger partial charge in [-0.25, -0.2) is 0 Å². The Morgan fingerprint density at radius 3 is 2.83 bits per heavy atom. The number of hydrogen-bond donors (Lipinski definition) is 3. The fourth-order valence-corrected chi connectivity index (χ4v) is 1.51. The van der Waals surface area contributed by atoms with E-state index in [0.717, 1.165) is 5.56 Å². The average Bonchev–Trinajstić information content (AvgIpc) is 2.35. The first kappa shape index (κ1) is 14.5. The van der Waals surface area contributed by atoms with Gasteiger partial charge >= 0.3 is 0 Å². The lowest BCUT2D eigenvalue weighted by Gasteiger charge is -2.15. The number of amides is 1. The van der Waals surface area contributed by atoms with E-state index in [-0.39, 0.29) is 25.2 Å². The van der Waals surface area contributed by atoms with Gasteiger partial charge in [0.2, 0.25) is 5.91 Å². The Morgan fingerprint density at radius 2 is 2.22 bits per heavy atom. The van der Waals surface area contributed by atoms with Gasteiger partial charge in [-0.05, 0) is 24.6 Å². The molecule has 0 aliphatic heterocycles. The first-order valence-electron chi connectivity index (χ1n) is 5.81. The molecular weight excluding hydrogens is 234 g/mol. The van der Waals surface area contributed by atoms with Crippen molar-refractivity contribution >= 4 is 5.91 Å². The van der Waals surface area contributed by atoms with Crippen molar-refractivity contribution in [1.29, 1.82) is 0 Å². The molecule has 1 aromatic carbocycles. The molecule has 0 radical (unpaired) electrons. The Labute approximate surface area is 106 Å². The maximum absolute atomic E-state index is 11.0. The van der Waals surface area contributed by atoms with Gasteiger partial charge in [-0.15, -0.1) is 0 Å². The molecule has 0 aliphatic carbocycles. The number of hydrogen-bond acceptors (Lipinski definition) is 4. The summed E-state index contributed by atoms with van der Waals surface area (Å²) in [5.41, 5.74) is 0.918. The normalized spacial score (nSPS) is 13.8. The van der Waals surface area contributed by atoms with Crippen LogP contribution in [0.2, 0.25) is 0 Å². The molecule has 0 heterocycles. The van der Waals surface area contributed by atoms with E-state index in [1.165, 1.54) is 6.92 Å². The van der Waals surface area contributed by atoms with Crippen LogP contribution in [-0.2, 0) is 4.79 Å². The number of nitrogens with one attached hydrogen (secondary N) is 1. The molecule has 1 unspecified atom stereocenters. The number of aliphatic hydroxyl groups is 2. The molecule has 5 nitrogen and oxygen atoms in total. The van der Waals surface area contributed by atoms with Crippen LogP contribution in [0.1, 0.15) is 25.5 Å². The molecule has 0 fully saturated rings. The van der Waals surface area contributed by atoms with E-state index in [4.69, 9.17) is 9.84 Å². The third-order valence-electron chi connectivity index (χ3n) is 2.43. The van der Waals surface area contributed by atoms with Crippen LogP contribution in [0, 0.1) is 0 Å². The van der Waals surface area contributed by atoms with Crippen molar-refractivity contribution in [2.24, 2.45) is 0 Å². The molecule has 1 rings (SSSR count). The van der Waals surface area contributed by atoms with E-state index in [0.29, 0.717) is 5.75 Å². The lowest BCUT2D eigenvalue weighted by molar-refractivity contribution is -0.119. The van der Waals surface area contributed by atoms with Gasteiger partial charge in [-0.1, -0.05) is 12.1 Å². The second-order valence-corrected chi connectivity index (χ2v) is 4.14. The predicted molar refractivity (Wildman–Crippen MR) is 67.3 cm³/mol. The van der Waals surface area contributed by atoms with E-state index in [1.54, 1.807) is 12.1 Å². The van der Waals surface area contributed by atoms with Gasteiger partial charge in [0, 0.05) is 6.92 Å². The van der Waals surface area contributed by atoms with Gasteiger partial charge in [-0.3, -0.25) is 4.79 Å². The molecule has 1 aromatic rings. The van der Waals surface area contributed by atoms with Crippen LogP contribution in [0.4, 0.5) is 0 Å². The number of ether oxygens (including phenoxy) is 1. The monoisotopic (exact) mass is 253 g/mol. The maximum Gasteiger partial charge on any atom is 0.217 e. The fraction of sp³-hybridized carbons (Fsp3) is 0.462. The summed E-state index contributed by atoms with van der Waals surface area (Å²) >= 11 is 0. The Morgan fingerprint density at radius 1 is 1.50 bits per heavy atom. The lowest BCUT2D eigenvalue weighted by Crippen LogP contribution is -2.24. The largest absolute Gasteiger partial charge is 0.491 e. The first-order chi connectivity index (χ1) is 8.52. The minimum Gasteiger partial charge on any atom is -0.491 e. The highest BCUT2D eigenvalue weighted by Crippen LogP contribution is 2.19. The third kappa shape index (κ3) is 4.73. The van der Waals surface area contributed by atoms with Gasteiger partial charge in [0.15, 0.2) is 0 Å². The van der Waals surface area contributed by atoms with E-state index in [2.05, 4.69) is 5.32 Å². The zero-order valence-corrected chi connectivity index (χ0v) is 10.6. The first-order valence-corrected chi connectivity index (χ1v) is 5.81. The van der Waals surface area contributed by atoms with Crippen LogP contribution < -0.4 is 10.1 Å². The van der Waals surface area contributed by atoms with Crippen molar-refractivity contribution in [3.8, 4) is 5.75 Å². The third-order valence-corrected chi connectivity index (χ3v) is 2.43. The number of benzene rings is 1. The minimum atomic E-state index is -0.888. The van der Waals surface area contributed by atoms with Crippen molar-refractivity contribution in [3.63, 3.8) is 0 Å². The van der Waals surface area contributed by atoms with Crippen molar-refractivity contribution < 1.29 is 19.7 Å². The second kappa shape index (κ2) is 6.98. The summed E-state index contributed by atoms with van der Waals surface area (Å²) in [4.78, 5) is 11.0. The van der Waals surface area contributed by atoms with Crippen molar-refractivity contribution in [2.45, 2.75) is 26.0 Å². The van der Waals surface area contributed by atoms with Crippen LogP contribution in [-0.4, -0.2) is 35.4 Å². The summed E-state index contributed by atoms with van der Waals surface area (Å²) in [5, 5.41) is 20.6. The fourth-order valence-electron chi connectivity index (χ4n) is 1.51. The summed E-state index contributed by atoms with van der Waals surface area (Å²) in [6, 6.07) is 7.15. The van der Waals surface area contributed by atoms with Crippen LogP contribution in [0.3, 0.4) is 0 Å². The summed E-state index contributed by atoms with van der Waals surface area (Å²) in [7, 11) is 0. The molecule has 0 aliphatic rings. The van der Waals surface area contributed by atoms with Gasteiger partial charge in [0.25, 0.3) is 0 Å². The highest BCUT2D eigenvalue weighted by atomic mass is 16.5. The molecule has 0 aromatic heterocycles. The van der Waals surface area contributed by atoms with Crippen molar-refractivity contribution in [1.82, 2.24) is 5.32 Å². The van der Waals surface area contributed by atoms with Gasteiger partial charge in [0.05, 0.1) is 12.6 Å². The molecule has 0 saturated heterocycles. The zero-order chi connectivity index (χ0) is 13.5. The van der Waals surface area contributed by atoms with Crippen molar-refractivity contribution in [3.05, 3.63) is 29.8 Å². The van der Waals surface area contributed by atoms with Gasteiger partial charge in [0.1, 0.15) is 18.5 Å². The molecule has 0 spiro atoms. The lowest BCUT2D eigenvalue weighted by atomic mass is 10.1. The van der Waals surface area contributed by atoms with E-state index in [1.807, 2.05) is 19.1 Å². The molecule has 0 saturated carbocycles. The molecule has 0 bridgehead atoms. The molecular formula is C13H19NO4. The molecule has 18 heavy (non-hydrogen) atoms. The standard InChI is InChI=1S/C13H19NO4/c1-9(14-10(2)16)11-4-3-5-13(6-11)18-8-12(17)7-15/h3-6,9,12,15,17H,7-8H2,1-2H3,(H,14,16)/t9-,12?/m1/s1. The molecule has 3 N–H and O–H groups in total. The summed E-state index contributed by atoms with van der Waals surface area (Å²) in [6.07, 6.45) is -0.888. The summed E-state index contributed by atoms with van der Waals surface area (Å²) in [6.45, 7) is 3.05. The average molecular weight is 253 g/mol. The summed E-state index contributed by atoms with van der Waals surface area (Å²) in [5.74, 6) is 0.502. The zero-order valence-electron chi connectivity index (χ0n) is 10.6. The molecule has 1 amide bonds. The van der Waals surface area contributed by atoms with Crippen LogP contribution >= 0.6 is 0 Å². The molecule has 100 valence electrons. The quantitative estimate of drug-likeness (QED) is 0.694. The van der Waals surface area contributed by atoms with E-state index in [9.17, 15) is 9.90 Å². The van der Waals surface area contributed by atoms with Gasteiger partial charge in [-0.2, -0.15) is 0 Å². The van der Waals surface area contributed by atoms with E-state index < -0.39 is 6.10 Å². The Hall–Kier alpha value is -1.59. The predicted octanol–water partition coefficient (Wildman–Crippen LogP) is 0.616. The summed E-state index contributed by atoms with van der Waals surface area (Å²) < 4.78 is 5.33. The highest BCUT2D eigenvalue weighted by molar-refractivity contribution is 5.73. The van der Waals surface area contributed by atoms with Crippen LogP contribution in [0.25, 0.3) is 0 Å². The molecule has 2 atom stereocenters. The minimum absolute atomic E-state index is 0.0362. The van der Waals surface area contributed by atoms with Crippen LogP contribution in [0.15, 0.2) is 24.3 Å². The van der Waals surface area contributed by atoms with Gasteiger partial charge < -0.3 is 20.3 Å². The Kier molecular flexibility index (Phi) is 5.61. The Bertz CT molecular complexity index is 394. The molecule has 5 heteroatoms. The number of rotatable bonds is 6. The smallest absolute Gasteiger partial charge is 0.217 e. The number of aliphatic hydroxyl groups excluding tert-OH is 2. The highest BCUT2D eigenvalue weighted by Gasteiger charge is 2.08. The van der Waals surface area contributed by atoms with Crippen LogP contribution in [0.5, 0.6) is 5.75 Å². The maximum atomic E-state index is 11.0. The number of carbonyl (C=O) groups excluding carboxylic acids is 1. The topological polar surface area (TPSA) is 78.8 Å². The van der Waals surface area contributed by atoms with Crippen molar-refractivity contribution in [2.75, 3.05) is 13.2 Å². The SMILES string of the molecule is CC(=O)N[C@H](C)c1cccc(OCC(O)CO)c1. The Balaban J connectivity index is 2.64. The second-order valence-electron chi connectivity index (χ2n) is 4.14. The van der Waals surface area contributed by atoms with E-state index >= 15 is 0 Å². The number of carbonyl (C=O) groups is 1.